The van der Waals surface area contributed by atoms with Crippen molar-refractivity contribution in [2.45, 2.75) is 244 Å². The average Bonchev–Trinajstić information content (AvgIpc) is 0.861. The zero-order valence-electron chi connectivity index (χ0n) is 76.8. The average molecular weight is 2010 g/mol. The maximum absolute atomic E-state index is 17.3. The quantitative estimate of drug-likeness (QED) is 0.0458. The van der Waals surface area contributed by atoms with Crippen LogP contribution in [0.25, 0.3) is 11.1 Å². The molecule has 0 spiro atoms. The summed E-state index contributed by atoms with van der Waals surface area (Å²) in [6.07, 6.45) is -19.7. The second-order valence-electron chi connectivity index (χ2n) is 38.4. The summed E-state index contributed by atoms with van der Waals surface area (Å²) in [6.45, 7) is 2.99. The van der Waals surface area contributed by atoms with E-state index in [1.54, 1.807) is 0 Å². The Morgan fingerprint density at radius 3 is 1.72 bits per heavy atom. The maximum atomic E-state index is 17.3. The highest BCUT2D eigenvalue weighted by Crippen LogP contribution is 2.56. The van der Waals surface area contributed by atoms with Crippen molar-refractivity contribution >= 4 is 76.4 Å². The van der Waals surface area contributed by atoms with E-state index < -0.39 is 298 Å². The number of phenolic OH excluding ortho intramolecular Hbond substituents is 4. The molecule has 142 heavy (non-hydrogen) atoms. The first-order valence-electron chi connectivity index (χ1n) is 47.0. The predicted molar refractivity (Wildman–Crippen MR) is 495 cm³/mol. The Balaban J connectivity index is 0.900. The van der Waals surface area contributed by atoms with E-state index in [0.717, 1.165) is 143 Å². The Kier molecular flexibility index (Phi) is 30.3. The SMILES string of the molecule is CC(=O)N[C@H]1[C@H](O[C@@H]2c3ccc(c(Cl)c3)Oc3cc4cc(c3O[C@@H]3O[C@H](CNC5C6CC7CC(C6)CC5C7)[C@@H](O)[C@H](O)[C@H]3NC(=O)CCCCCCC(C)C)Oc3ccc(cc3Cl)C[C@H]3NC(=O)[C@H](N)c5ccc(O)c(c5)Oc5cc(O)cc(c5)[C@H](NC3=O)C(=O)N[C@H]4C(=O)N[C@H]3C(=O)N[C@@H]2C(=O)N[C@H](C(=O)O)c2cc(O)cc(O[C@H]4O[C@H](CO)[C@@H](O)[C@H](O)[C@@H]4O)c2-c2cc3ccc2O)O[C@H](CO)[C@@H](O)[C@@H]1O. The van der Waals surface area contributed by atoms with Crippen LogP contribution in [0.1, 0.15) is 167 Å². The molecule has 760 valence electrons. The lowest BCUT2D eigenvalue weighted by Gasteiger charge is -2.55. The molecule has 25 N–H and O–H groups in total. The monoisotopic (exact) mass is 2010 g/mol. The Bertz CT molecular complexity index is 5950. The van der Waals surface area contributed by atoms with Crippen molar-refractivity contribution in [1.82, 2.24) is 47.9 Å². The molecular weight excluding hydrogens is 1900 g/mol. The number of ether oxygens (including phenoxy) is 9. The summed E-state index contributed by atoms with van der Waals surface area (Å²) in [4.78, 5) is 140. The third-order valence-corrected chi connectivity index (χ3v) is 28.6. The number of hydrogen-bond acceptors (Lipinski definition) is 33. The number of halogens is 2. The van der Waals surface area contributed by atoms with Crippen molar-refractivity contribution in [1.29, 1.82) is 0 Å². The predicted octanol–water partition coefficient (Wildman–Crippen LogP) is 3.44. The van der Waals surface area contributed by atoms with E-state index in [-0.39, 0.29) is 75.4 Å². The third kappa shape index (κ3) is 21.5. The van der Waals surface area contributed by atoms with Gasteiger partial charge in [-0.25, -0.2) is 4.79 Å². The number of amides is 8. The van der Waals surface area contributed by atoms with Crippen LogP contribution in [0, 0.1) is 29.6 Å². The van der Waals surface area contributed by atoms with Crippen LogP contribution in [-0.4, -0.2) is 255 Å². The van der Waals surface area contributed by atoms with E-state index in [1.807, 2.05) is 0 Å². The summed E-state index contributed by atoms with van der Waals surface area (Å²) in [6, 6.07) is 1.59. The van der Waals surface area contributed by atoms with E-state index in [0.29, 0.717) is 30.6 Å². The number of nitrogens with one attached hydrogen (secondary N) is 9. The van der Waals surface area contributed by atoms with Gasteiger partial charge in [0.05, 0.1) is 23.3 Å². The van der Waals surface area contributed by atoms with Crippen LogP contribution in [-0.2, 0) is 68.5 Å². The Labute approximate surface area is 821 Å². The smallest absolute Gasteiger partial charge is 0.330 e. The standard InChI is InChI=1S/C98H112Cl2N10O32/c1-38(2)8-6-4-5-7-9-69(118)105-78-84(123)80(119)66(35-102-72-46-19-41-18-42(21-46)22-47(72)20-41)138-97(78)142-88-64-30-49-31-65(88)136-61-17-13-45(28-56(61)100)87(141-96-77(103-39(3)113)83(122)81(120)67(36-111)139-96)79-94(131)109-76(95(132)133)54-33-51(115)34-63(137-98-86(125)85(124)82(121)68(37-112)140-98)70(54)53-27-44(12-14-58(53)116)73(91(128)110-79)107-93(130)75(49)108-92(129)74-48-25-50(114)32-52(26-48)134-62-29-43(11-15-59(62)117)71(101)90(127)104-57(89(126)106-74)24-40-10-16-60(135-64)55(99)23-40/h10-17,23,25-34,38,41-42,46-47,57,66-68,71-87,96-98,102,111-112,114-117,119-125H,4-9,18-22,24,35-37,101H2,1-3H3,(H,103,113)(H,104,127)(H,105,118)(H,106,126)(H,107,130)(H,108,129)(H,109,131)(H,110,128)(H,132,133)/t41?,42?,46?,47?,57-,66-,67-,68-,71-,72?,73-,74+,75-,76+,77-,78-,79+,80-,81-,82-,83-,84-,85+,86+,87-,96+,97+,98+/m1/s1. The largest absolute Gasteiger partial charge is 0.508 e. The molecule has 9 heterocycles. The van der Waals surface area contributed by atoms with Crippen LogP contribution in [0.4, 0.5) is 0 Å². The normalized spacial score (nSPS) is 31.6. The first-order chi connectivity index (χ1) is 67.8. The molecule has 4 saturated carbocycles. The fourth-order valence-electron chi connectivity index (χ4n) is 21.0. The van der Waals surface area contributed by atoms with Gasteiger partial charge in [-0.3, -0.25) is 38.4 Å². The highest BCUT2D eigenvalue weighted by Gasteiger charge is 2.55. The lowest BCUT2D eigenvalue weighted by Crippen LogP contribution is -2.67. The maximum Gasteiger partial charge on any atom is 0.330 e. The van der Waals surface area contributed by atoms with Gasteiger partial charge in [-0.2, -0.15) is 0 Å². The van der Waals surface area contributed by atoms with Gasteiger partial charge in [0.25, 0.3) is 0 Å². The van der Waals surface area contributed by atoms with Gasteiger partial charge in [0.15, 0.2) is 35.3 Å². The van der Waals surface area contributed by atoms with Crippen LogP contribution in [0.5, 0.6) is 69.0 Å². The lowest BCUT2D eigenvalue weighted by molar-refractivity contribution is -0.284. The minimum Gasteiger partial charge on any atom is -0.508 e. The number of aliphatic hydroxyl groups excluding tert-OH is 9. The molecule has 23 atom stereocenters. The molecule has 7 aromatic carbocycles. The van der Waals surface area contributed by atoms with Gasteiger partial charge in [-0.15, -0.1) is 0 Å². The Morgan fingerprint density at radius 1 is 0.500 bits per heavy atom. The molecule has 42 nitrogen and oxygen atoms in total. The van der Waals surface area contributed by atoms with Crippen LogP contribution < -0.4 is 77.3 Å². The van der Waals surface area contributed by atoms with E-state index in [1.165, 1.54) is 30.3 Å². The molecule has 4 aliphatic carbocycles. The van der Waals surface area contributed by atoms with Gasteiger partial charge in [0.2, 0.25) is 65.6 Å². The summed E-state index contributed by atoms with van der Waals surface area (Å²) in [5.41, 5.74) is 3.08. The molecule has 0 aromatic heterocycles. The number of hydrogen-bond donors (Lipinski definition) is 24. The molecule has 7 aromatic rings. The Hall–Kier alpha value is -12.0. The number of fused-ring (bicyclic) bond motifs is 14. The summed E-state index contributed by atoms with van der Waals surface area (Å²) in [5, 5.41) is 186. The topological polar surface area (TPSA) is 654 Å². The molecule has 3 saturated heterocycles. The molecule has 20 rings (SSSR count). The first kappa shape index (κ1) is 101. The van der Waals surface area contributed by atoms with Crippen molar-refractivity contribution in [2.24, 2.45) is 35.3 Å². The summed E-state index contributed by atoms with van der Waals surface area (Å²) < 4.78 is 59.2. The van der Waals surface area contributed by atoms with Crippen molar-refractivity contribution in [2.75, 3.05) is 19.8 Å². The number of aromatic hydroxyl groups is 4. The van der Waals surface area contributed by atoms with Crippen LogP contribution >= 0.6 is 23.2 Å². The van der Waals surface area contributed by atoms with E-state index in [2.05, 4.69) is 61.7 Å². The van der Waals surface area contributed by atoms with Crippen molar-refractivity contribution in [3.05, 3.63) is 164 Å². The lowest BCUT2D eigenvalue weighted by atomic mass is 9.54. The van der Waals surface area contributed by atoms with Crippen molar-refractivity contribution in [3.8, 4) is 80.1 Å². The molecule has 0 radical (unpaired) electrons. The number of phenols is 4. The van der Waals surface area contributed by atoms with Gasteiger partial charge < -0.3 is 168 Å². The number of aliphatic carboxylic acids is 1. The van der Waals surface area contributed by atoms with Crippen LogP contribution in [0.15, 0.2) is 115 Å². The number of unbranched alkanes of at least 4 members (excludes halogenated alkanes) is 3. The number of benzene rings is 7. The second kappa shape index (κ2) is 42.5. The molecule has 13 aliphatic rings. The van der Waals surface area contributed by atoms with E-state index in [4.69, 9.17) is 71.6 Å². The molecule has 21 bridgehead atoms. The van der Waals surface area contributed by atoms with Gasteiger partial charge in [0.1, 0.15) is 156 Å². The number of carboxylic acid groups (broad SMARTS) is 1. The summed E-state index contributed by atoms with van der Waals surface area (Å²) in [7, 11) is 0. The molecule has 0 unspecified atom stereocenters. The fraction of sp³-hybridized carbons (Fsp3) is 0.480. The highest BCUT2D eigenvalue weighted by molar-refractivity contribution is 6.32. The minimum atomic E-state index is -2.58. The number of rotatable bonds is 21. The number of carbonyl (C=O) groups is 9. The van der Waals surface area contributed by atoms with Crippen molar-refractivity contribution in [3.63, 3.8) is 0 Å². The second-order valence-corrected chi connectivity index (χ2v) is 39.2. The van der Waals surface area contributed by atoms with Gasteiger partial charge in [-0.1, -0.05) is 87.0 Å². The number of aliphatic hydroxyl groups is 9. The molecule has 7 fully saturated rings. The number of carbonyl (C=O) groups excluding carboxylic acids is 8. The third-order valence-electron chi connectivity index (χ3n) is 28.0. The van der Waals surface area contributed by atoms with Crippen LogP contribution in [0.2, 0.25) is 10.0 Å². The van der Waals surface area contributed by atoms with Crippen molar-refractivity contribution < 1.29 is 157 Å². The number of carboxylic acids is 1. The summed E-state index contributed by atoms with van der Waals surface area (Å²) in [5.74, 6) is -16.8. The highest BCUT2D eigenvalue weighted by atomic mass is 35.5. The Morgan fingerprint density at radius 2 is 1.07 bits per heavy atom. The van der Waals surface area contributed by atoms with Crippen LogP contribution in [0.3, 0.4) is 0 Å². The zero-order valence-corrected chi connectivity index (χ0v) is 78.3. The molecule has 9 aliphatic heterocycles. The zero-order chi connectivity index (χ0) is 101. The van der Waals surface area contributed by atoms with E-state index in [9.17, 15) is 90.7 Å². The molecular formula is C98H112Cl2N10O32. The van der Waals surface area contributed by atoms with E-state index >= 15 is 24.0 Å². The fourth-order valence-corrected chi connectivity index (χ4v) is 21.5. The summed E-state index contributed by atoms with van der Waals surface area (Å²) >= 11 is 15.0. The van der Waals surface area contributed by atoms with Gasteiger partial charge >= 0.3 is 5.97 Å². The van der Waals surface area contributed by atoms with Gasteiger partial charge in [-0.05, 0) is 180 Å². The molecule has 8 amide bonds. The first-order valence-corrected chi connectivity index (χ1v) is 47.8. The minimum absolute atomic E-state index is 0.0289. The number of nitrogens with two attached hydrogens (primary N) is 1. The molecule has 44 heteroatoms. The van der Waals surface area contributed by atoms with Gasteiger partial charge in [0, 0.05) is 61.2 Å².